The Morgan fingerprint density at radius 2 is 1.88 bits per heavy atom. The number of methoxy groups -OCH3 is 1. The summed E-state index contributed by atoms with van der Waals surface area (Å²) in [7, 11) is -1.90. The molecule has 0 spiro atoms. The molecule has 0 bridgehead atoms. The van der Waals surface area contributed by atoms with E-state index in [-0.39, 0.29) is 43.0 Å². The van der Waals surface area contributed by atoms with Crippen molar-refractivity contribution < 1.29 is 22.7 Å². The van der Waals surface area contributed by atoms with E-state index in [9.17, 15) is 18.0 Å². The van der Waals surface area contributed by atoms with E-state index >= 15 is 0 Å². The van der Waals surface area contributed by atoms with Gasteiger partial charge in [0.25, 0.3) is 5.91 Å². The molecule has 0 aliphatic carbocycles. The highest BCUT2D eigenvalue weighted by atomic mass is 32.2. The van der Waals surface area contributed by atoms with Crippen LogP contribution in [0.15, 0.2) is 0 Å². The van der Waals surface area contributed by atoms with E-state index < -0.39 is 21.9 Å². The van der Waals surface area contributed by atoms with Gasteiger partial charge in [-0.1, -0.05) is 4.49 Å². The number of hydrogen-bond acceptors (Lipinski definition) is 8. The fraction of sp³-hybridized carbons (Fsp3) is 0.692. The zero-order valence-corrected chi connectivity index (χ0v) is 15.0. The minimum Gasteiger partial charge on any atom is -0.375 e. The Kier molecular flexibility index (Phi) is 4.58. The van der Waals surface area contributed by atoms with Crippen LogP contribution < -0.4 is 0 Å². The first-order valence-electron chi connectivity index (χ1n) is 7.43. The maximum atomic E-state index is 12.8. The molecule has 2 atom stereocenters. The summed E-state index contributed by atoms with van der Waals surface area (Å²) < 4.78 is 32.9. The van der Waals surface area contributed by atoms with E-state index in [1.165, 1.54) is 12.0 Å². The largest absolute Gasteiger partial charge is 0.375 e. The van der Waals surface area contributed by atoms with Crippen LogP contribution in [0.1, 0.15) is 15.4 Å². The van der Waals surface area contributed by atoms with Crippen LogP contribution in [0.2, 0.25) is 0 Å². The van der Waals surface area contributed by atoms with E-state index in [0.29, 0.717) is 10.6 Å². The second-order valence-electron chi connectivity index (χ2n) is 5.92. The molecule has 2 aliphatic rings. The van der Waals surface area contributed by atoms with Gasteiger partial charge in [0.2, 0.25) is 5.91 Å². The summed E-state index contributed by atoms with van der Waals surface area (Å²) in [5.41, 5.74) is 0.528. The molecule has 2 aliphatic heterocycles. The molecule has 0 radical (unpaired) electrons. The first-order chi connectivity index (χ1) is 11.3. The summed E-state index contributed by atoms with van der Waals surface area (Å²) in [6.07, 6.45) is 0. The van der Waals surface area contributed by atoms with Crippen LogP contribution in [0, 0.1) is 6.92 Å². The van der Waals surface area contributed by atoms with E-state index in [2.05, 4.69) is 9.59 Å². The highest BCUT2D eigenvalue weighted by molar-refractivity contribution is 7.91. The van der Waals surface area contributed by atoms with Gasteiger partial charge in [-0.15, -0.1) is 5.10 Å². The number of nitrogens with zero attached hydrogens (tertiary/aromatic N) is 4. The lowest BCUT2D eigenvalue weighted by atomic mass is 10.0. The lowest BCUT2D eigenvalue weighted by Gasteiger charge is -2.43. The van der Waals surface area contributed by atoms with Crippen LogP contribution in [-0.4, -0.2) is 90.0 Å². The highest BCUT2D eigenvalue weighted by Gasteiger charge is 2.49. The number of carbonyl (C=O) groups excluding carboxylic acids is 2. The second-order valence-corrected chi connectivity index (χ2v) is 8.83. The molecule has 1 aromatic heterocycles. The molecule has 2 amide bonds. The van der Waals surface area contributed by atoms with Crippen molar-refractivity contribution in [3.05, 3.63) is 10.6 Å². The van der Waals surface area contributed by atoms with Gasteiger partial charge in [0.15, 0.2) is 9.84 Å². The smallest absolute Gasteiger partial charge is 0.267 e. The van der Waals surface area contributed by atoms with Crippen LogP contribution in [0.4, 0.5) is 0 Å². The molecule has 9 nitrogen and oxygen atoms in total. The number of piperazine rings is 1. The lowest BCUT2D eigenvalue weighted by Crippen LogP contribution is -2.62. The molecule has 0 aromatic carbocycles. The van der Waals surface area contributed by atoms with Crippen LogP contribution in [0.5, 0.6) is 0 Å². The molecule has 132 valence electrons. The van der Waals surface area contributed by atoms with Crippen molar-refractivity contribution in [2.24, 2.45) is 0 Å². The lowest BCUT2D eigenvalue weighted by molar-refractivity contribution is -0.140. The molecule has 24 heavy (non-hydrogen) atoms. The fourth-order valence-corrected chi connectivity index (χ4v) is 5.87. The summed E-state index contributed by atoms with van der Waals surface area (Å²) >= 11 is 0.998. The molecule has 2 fully saturated rings. The molecule has 2 saturated heterocycles. The van der Waals surface area contributed by atoms with E-state index in [4.69, 9.17) is 4.74 Å². The number of hydrogen-bond donors (Lipinski definition) is 0. The van der Waals surface area contributed by atoms with Crippen LogP contribution in [0.3, 0.4) is 0 Å². The third-order valence-corrected chi connectivity index (χ3v) is 6.89. The van der Waals surface area contributed by atoms with Gasteiger partial charge in [-0.05, 0) is 18.5 Å². The van der Waals surface area contributed by atoms with Crippen LogP contribution in [-0.2, 0) is 19.4 Å². The van der Waals surface area contributed by atoms with Gasteiger partial charge in [-0.2, -0.15) is 0 Å². The van der Waals surface area contributed by atoms with Crippen LogP contribution >= 0.6 is 11.5 Å². The highest BCUT2D eigenvalue weighted by Crippen LogP contribution is 2.29. The van der Waals surface area contributed by atoms with Crippen molar-refractivity contribution in [2.75, 3.05) is 38.3 Å². The third kappa shape index (κ3) is 3.03. The SMILES string of the molecule is COCC(=O)N1CCN(C(=O)c2snnc2C)[C@H]2CS(=O)(=O)C[C@H]21. The standard InChI is InChI=1S/C13H18N4O5S2/c1-8-12(23-15-14-8)13(19)17-4-3-16(11(18)5-22-2)9-6-24(20,21)7-10(9)17/h9-10H,3-7H2,1-2H3/t9-,10+/m1/s1. The Balaban J connectivity index is 1.88. The monoisotopic (exact) mass is 374 g/mol. The summed E-state index contributed by atoms with van der Waals surface area (Å²) in [4.78, 5) is 28.5. The number of fused-ring (bicyclic) bond motifs is 1. The maximum absolute atomic E-state index is 12.8. The number of rotatable bonds is 3. The van der Waals surface area contributed by atoms with Crippen molar-refractivity contribution in [3.8, 4) is 0 Å². The minimum absolute atomic E-state index is 0.102. The number of sulfone groups is 1. The third-order valence-electron chi connectivity index (χ3n) is 4.37. The van der Waals surface area contributed by atoms with E-state index in [1.54, 1.807) is 11.8 Å². The number of carbonyl (C=O) groups is 2. The average molecular weight is 374 g/mol. The Hall–Kier alpha value is -1.59. The quantitative estimate of drug-likeness (QED) is 0.663. The molecule has 0 saturated carbocycles. The molecule has 0 unspecified atom stereocenters. The predicted molar refractivity (Wildman–Crippen MR) is 85.5 cm³/mol. The Labute approximate surface area is 143 Å². The van der Waals surface area contributed by atoms with Gasteiger partial charge < -0.3 is 14.5 Å². The summed E-state index contributed by atoms with van der Waals surface area (Å²) in [5.74, 6) is -0.789. The zero-order chi connectivity index (χ0) is 17.5. The summed E-state index contributed by atoms with van der Waals surface area (Å²) in [6, 6.07) is -1.07. The van der Waals surface area contributed by atoms with Gasteiger partial charge >= 0.3 is 0 Å². The normalized spacial score (nSPS) is 25.6. The summed E-state index contributed by atoms with van der Waals surface area (Å²) in [5, 5.41) is 3.84. The van der Waals surface area contributed by atoms with Gasteiger partial charge in [0, 0.05) is 20.2 Å². The Morgan fingerprint density at radius 1 is 1.25 bits per heavy atom. The summed E-state index contributed by atoms with van der Waals surface area (Å²) in [6.45, 7) is 2.16. The Morgan fingerprint density at radius 3 is 2.46 bits per heavy atom. The van der Waals surface area contributed by atoms with Gasteiger partial charge in [-0.3, -0.25) is 9.59 Å². The van der Waals surface area contributed by atoms with Crippen molar-refractivity contribution in [1.82, 2.24) is 19.4 Å². The molecule has 0 N–H and O–H groups in total. The first kappa shape index (κ1) is 17.2. The number of aromatic nitrogens is 2. The van der Waals surface area contributed by atoms with Gasteiger partial charge in [0.05, 0.1) is 29.3 Å². The van der Waals surface area contributed by atoms with Crippen molar-refractivity contribution in [1.29, 1.82) is 0 Å². The maximum Gasteiger partial charge on any atom is 0.267 e. The van der Waals surface area contributed by atoms with E-state index in [1.807, 2.05) is 0 Å². The van der Waals surface area contributed by atoms with Gasteiger partial charge in [-0.25, -0.2) is 8.42 Å². The van der Waals surface area contributed by atoms with Crippen molar-refractivity contribution in [3.63, 3.8) is 0 Å². The molecular formula is C13H18N4O5S2. The Bertz CT molecular complexity index is 762. The van der Waals surface area contributed by atoms with Gasteiger partial charge in [0.1, 0.15) is 11.5 Å². The number of amides is 2. The number of aryl methyl sites for hydroxylation is 1. The molecule has 3 heterocycles. The first-order valence-corrected chi connectivity index (χ1v) is 10.0. The molecule has 1 aromatic rings. The van der Waals surface area contributed by atoms with Crippen molar-refractivity contribution >= 4 is 33.2 Å². The molecular weight excluding hydrogens is 356 g/mol. The predicted octanol–water partition coefficient (Wildman–Crippen LogP) is -1.06. The van der Waals surface area contributed by atoms with Crippen LogP contribution in [0.25, 0.3) is 0 Å². The molecule has 3 rings (SSSR count). The minimum atomic E-state index is -3.31. The topological polar surface area (TPSA) is 110 Å². The number of ether oxygens (including phenoxy) is 1. The zero-order valence-electron chi connectivity index (χ0n) is 13.3. The fourth-order valence-electron chi connectivity index (χ4n) is 3.28. The second kappa shape index (κ2) is 6.37. The molecule has 11 heteroatoms. The van der Waals surface area contributed by atoms with Crippen molar-refractivity contribution in [2.45, 2.75) is 19.0 Å². The van der Waals surface area contributed by atoms with E-state index in [0.717, 1.165) is 11.5 Å². The average Bonchev–Trinajstić information content (AvgIpc) is 3.07.